The molecule has 0 heterocycles. The van der Waals surface area contributed by atoms with Crippen LogP contribution in [0.2, 0.25) is 0 Å². The number of hydrogen-bond acceptors (Lipinski definition) is 5. The van der Waals surface area contributed by atoms with Gasteiger partial charge >= 0.3 is 8.25 Å². The molecule has 0 amide bonds. The molecule has 232 valence electrons. The Morgan fingerprint density at radius 1 is 0.457 bits per heavy atom. The van der Waals surface area contributed by atoms with Gasteiger partial charge in [0.15, 0.2) is 0 Å². The van der Waals surface area contributed by atoms with E-state index in [9.17, 15) is 4.57 Å². The average molecular weight is 759 g/mol. The lowest BCUT2D eigenvalue weighted by molar-refractivity contribution is 0.214. The molecule has 6 aromatic carbocycles. The molecule has 0 atom stereocenters. The first-order valence-electron chi connectivity index (χ1n) is 14.9. The summed E-state index contributed by atoms with van der Waals surface area (Å²) in [6.45, 7) is 1.20. The summed E-state index contributed by atoms with van der Waals surface area (Å²) in [5.74, 6) is 1.58. The maximum absolute atomic E-state index is 13.1. The van der Waals surface area contributed by atoms with Crippen molar-refractivity contribution in [3.05, 3.63) is 155 Å². The Labute approximate surface area is 286 Å². The molecule has 0 saturated heterocycles. The van der Waals surface area contributed by atoms with E-state index in [0.29, 0.717) is 23.9 Å². The lowest BCUT2D eigenvalue weighted by Gasteiger charge is -2.14. The zero-order valence-corrected chi connectivity index (χ0v) is 29.1. The zero-order chi connectivity index (χ0) is 31.7. The Hall–Kier alpha value is -3.58. The molecule has 0 aliphatic carbocycles. The van der Waals surface area contributed by atoms with Crippen LogP contribution in [0, 0.1) is 0 Å². The third-order valence-electron chi connectivity index (χ3n) is 7.76. The zero-order valence-electron chi connectivity index (χ0n) is 25.0. The van der Waals surface area contributed by atoms with E-state index >= 15 is 0 Å². The second-order valence-corrected chi connectivity index (χ2v) is 12.8. The third kappa shape index (κ3) is 7.68. The second kappa shape index (κ2) is 15.8. The van der Waals surface area contributed by atoms with Crippen molar-refractivity contribution >= 4 is 61.7 Å². The number of alkyl halides is 2. The van der Waals surface area contributed by atoms with Crippen LogP contribution in [-0.2, 0) is 50.7 Å². The minimum absolute atomic E-state index is 0.133. The fraction of sp³-hybridized carbons (Fsp3) is 0.158. The summed E-state index contributed by atoms with van der Waals surface area (Å²) >= 11 is 7.25. The summed E-state index contributed by atoms with van der Waals surface area (Å²) in [5, 5.41) is 5.33. The van der Waals surface area contributed by atoms with Crippen LogP contribution in [0.5, 0.6) is 11.5 Å². The normalized spacial score (nSPS) is 11.2. The van der Waals surface area contributed by atoms with Gasteiger partial charge < -0.3 is 9.47 Å². The van der Waals surface area contributed by atoms with Crippen molar-refractivity contribution in [2.45, 2.75) is 37.1 Å². The summed E-state index contributed by atoms with van der Waals surface area (Å²) in [5.41, 5.74) is 6.21. The number of fused-ring (bicyclic) bond motifs is 2. The lowest BCUT2D eigenvalue weighted by atomic mass is 9.99. The van der Waals surface area contributed by atoms with E-state index in [1.807, 2.05) is 109 Å². The van der Waals surface area contributed by atoms with E-state index in [4.69, 9.17) is 18.5 Å². The van der Waals surface area contributed by atoms with Crippen LogP contribution in [-0.4, -0.2) is 0 Å². The fourth-order valence-corrected chi connectivity index (χ4v) is 7.03. The van der Waals surface area contributed by atoms with Gasteiger partial charge in [0.25, 0.3) is 0 Å². The number of rotatable bonds is 14. The Balaban J connectivity index is 1.16. The second-order valence-electron chi connectivity index (χ2n) is 10.7. The van der Waals surface area contributed by atoms with Crippen LogP contribution < -0.4 is 9.47 Å². The van der Waals surface area contributed by atoms with Gasteiger partial charge in [-0.1, -0.05) is 141 Å². The highest BCUT2D eigenvalue weighted by Crippen LogP contribution is 2.38. The Morgan fingerprint density at radius 3 is 1.30 bits per heavy atom. The largest absolute Gasteiger partial charge is 0.698 e. The number of hydrogen-bond donors (Lipinski definition) is 0. The Bertz CT molecular complexity index is 1810. The van der Waals surface area contributed by atoms with Gasteiger partial charge in [0.2, 0.25) is 0 Å². The maximum Gasteiger partial charge on any atom is 0.698 e. The van der Waals surface area contributed by atoms with E-state index in [1.54, 1.807) is 0 Å². The van der Waals surface area contributed by atoms with Crippen molar-refractivity contribution in [2.75, 3.05) is 0 Å². The van der Waals surface area contributed by atoms with Crippen LogP contribution in [0.3, 0.4) is 0 Å². The Kier molecular flexibility index (Phi) is 11.1. The van der Waals surface area contributed by atoms with Gasteiger partial charge in [0.05, 0.1) is 0 Å². The van der Waals surface area contributed by atoms with E-state index in [2.05, 4.69) is 44.0 Å². The van der Waals surface area contributed by atoms with Crippen molar-refractivity contribution in [3.63, 3.8) is 0 Å². The predicted octanol–water partition coefficient (Wildman–Crippen LogP) is 11.3. The SMILES string of the molecule is O=[P+](OCc1ccc(OCc2ccccc2)c2cccc(CBr)c12)OCc1ccc(OCc2ccccc2)c2cccc(CBr)c12. The van der Waals surface area contributed by atoms with E-state index in [-0.39, 0.29) is 13.2 Å². The van der Waals surface area contributed by atoms with Gasteiger partial charge in [-0.25, -0.2) is 0 Å². The predicted molar refractivity (Wildman–Crippen MR) is 192 cm³/mol. The van der Waals surface area contributed by atoms with E-state index in [0.717, 1.165) is 66.4 Å². The molecule has 0 aromatic heterocycles. The molecule has 0 unspecified atom stereocenters. The third-order valence-corrected chi connectivity index (χ3v) is 9.65. The number of ether oxygens (including phenoxy) is 2. The molecule has 0 aliphatic heterocycles. The molecule has 0 N–H and O–H groups in total. The molecule has 6 rings (SSSR count). The molecule has 0 radical (unpaired) electrons. The highest BCUT2D eigenvalue weighted by Gasteiger charge is 2.24. The van der Waals surface area contributed by atoms with Crippen molar-refractivity contribution in [1.29, 1.82) is 0 Å². The lowest BCUT2D eigenvalue weighted by Crippen LogP contribution is -2.00. The number of halogens is 2. The molecule has 8 heteroatoms. The maximum atomic E-state index is 13.1. The average Bonchev–Trinajstić information content (AvgIpc) is 3.11. The monoisotopic (exact) mass is 757 g/mol. The van der Waals surface area contributed by atoms with E-state index in [1.165, 1.54) is 0 Å². The molecule has 0 spiro atoms. The van der Waals surface area contributed by atoms with Gasteiger partial charge in [-0.3, -0.25) is 0 Å². The Morgan fingerprint density at radius 2 is 0.891 bits per heavy atom. The first-order valence-corrected chi connectivity index (χ1v) is 18.2. The molecular weight excluding hydrogens is 727 g/mol. The molecule has 6 aromatic rings. The van der Waals surface area contributed by atoms with Gasteiger partial charge in [0.1, 0.15) is 37.9 Å². The first kappa shape index (κ1) is 32.4. The summed E-state index contributed by atoms with van der Waals surface area (Å²) in [6.07, 6.45) is 0. The minimum atomic E-state index is -2.39. The minimum Gasteiger partial charge on any atom is -0.488 e. The van der Waals surface area contributed by atoms with Crippen molar-refractivity contribution < 1.29 is 23.1 Å². The number of benzene rings is 6. The van der Waals surface area contributed by atoms with E-state index < -0.39 is 8.25 Å². The fourth-order valence-electron chi connectivity index (χ4n) is 5.54. The highest BCUT2D eigenvalue weighted by molar-refractivity contribution is 9.08. The quantitative estimate of drug-likeness (QED) is 0.0818. The molecule has 0 aliphatic rings. The van der Waals surface area contributed by atoms with Gasteiger partial charge in [0, 0.05) is 26.0 Å². The summed E-state index contributed by atoms with van der Waals surface area (Å²) in [4.78, 5) is 0. The topological polar surface area (TPSA) is 54.0 Å². The van der Waals surface area contributed by atoms with Gasteiger partial charge in [-0.2, -0.15) is 0 Å². The van der Waals surface area contributed by atoms with Crippen LogP contribution in [0.15, 0.2) is 121 Å². The molecule has 46 heavy (non-hydrogen) atoms. The van der Waals surface area contributed by atoms with Gasteiger partial charge in [-0.15, -0.1) is 9.05 Å². The highest BCUT2D eigenvalue weighted by atomic mass is 79.9. The standard InChI is InChI=1S/C38H32Br2O5P/c39-21-29-13-7-15-33-35(42-23-27-9-3-1-4-10-27)19-17-31(37(29)33)25-44-46(41)45-26-32-18-20-36(43-24-28-11-5-2-6-12-28)34-16-8-14-30(22-40)38(32)34/h1-20H,21-26H2/q+1. The first-order chi connectivity index (χ1) is 22.6. The van der Waals surface area contributed by atoms with Crippen LogP contribution in [0.1, 0.15) is 33.4 Å². The van der Waals surface area contributed by atoms with Crippen molar-refractivity contribution in [3.8, 4) is 11.5 Å². The summed E-state index contributed by atoms with van der Waals surface area (Å²) < 4.78 is 37.1. The van der Waals surface area contributed by atoms with Crippen molar-refractivity contribution in [2.24, 2.45) is 0 Å². The van der Waals surface area contributed by atoms with Crippen molar-refractivity contribution in [1.82, 2.24) is 0 Å². The molecule has 0 saturated carbocycles. The molecular formula is C38H32Br2O5P+. The van der Waals surface area contributed by atoms with Crippen LogP contribution >= 0.6 is 40.1 Å². The van der Waals surface area contributed by atoms with Gasteiger partial charge in [-0.05, 0) is 56.3 Å². The molecule has 5 nitrogen and oxygen atoms in total. The summed E-state index contributed by atoms with van der Waals surface area (Å²) in [6, 6.07) is 40.3. The van der Waals surface area contributed by atoms with Crippen LogP contribution in [0.4, 0.5) is 0 Å². The molecule has 0 bridgehead atoms. The smallest absolute Gasteiger partial charge is 0.488 e. The summed E-state index contributed by atoms with van der Waals surface area (Å²) in [7, 11) is -2.39. The molecule has 0 fully saturated rings. The van der Waals surface area contributed by atoms with Crippen LogP contribution in [0.25, 0.3) is 21.5 Å².